The number of methoxy groups -OCH3 is 1. The Morgan fingerprint density at radius 1 is 1.09 bits per heavy atom. The Balaban J connectivity index is 2.22. The predicted molar refractivity (Wildman–Crippen MR) is 84.2 cm³/mol. The average molecular weight is 301 g/mol. The van der Waals surface area contributed by atoms with Gasteiger partial charge in [0.2, 0.25) is 5.91 Å². The number of hydrogen-bond donors (Lipinski definition) is 2. The van der Waals surface area contributed by atoms with E-state index >= 15 is 0 Å². The van der Waals surface area contributed by atoms with Crippen molar-refractivity contribution in [3.8, 4) is 5.75 Å². The van der Waals surface area contributed by atoms with Crippen molar-refractivity contribution >= 4 is 22.6 Å². The Bertz CT molecular complexity index is 711. The van der Waals surface area contributed by atoms with Crippen LogP contribution in [0.5, 0.6) is 5.75 Å². The van der Waals surface area contributed by atoms with Crippen molar-refractivity contribution in [3.05, 3.63) is 42.0 Å². The first-order valence-electron chi connectivity index (χ1n) is 7.03. The summed E-state index contributed by atoms with van der Waals surface area (Å²) in [5, 5.41) is 13.4. The first-order chi connectivity index (χ1) is 10.4. The third kappa shape index (κ3) is 3.36. The molecule has 22 heavy (non-hydrogen) atoms. The van der Waals surface area contributed by atoms with Crippen LogP contribution in [0.4, 0.5) is 0 Å². The molecule has 0 radical (unpaired) electrons. The zero-order valence-corrected chi connectivity index (χ0v) is 12.8. The fourth-order valence-electron chi connectivity index (χ4n) is 2.19. The average Bonchev–Trinajstić information content (AvgIpc) is 2.52. The third-order valence-corrected chi connectivity index (χ3v) is 3.69. The molecule has 0 bridgehead atoms. The molecule has 0 aromatic heterocycles. The number of carbonyl (C=O) groups excluding carboxylic acids is 1. The lowest BCUT2D eigenvalue weighted by molar-refractivity contribution is -0.141. The summed E-state index contributed by atoms with van der Waals surface area (Å²) in [5.41, 5.74) is 0.841. The van der Waals surface area contributed by atoms with Crippen LogP contribution in [0, 0.1) is 0 Å². The Morgan fingerprint density at radius 3 is 2.36 bits per heavy atom. The van der Waals surface area contributed by atoms with E-state index in [-0.39, 0.29) is 5.91 Å². The maximum Gasteiger partial charge on any atom is 0.325 e. The highest BCUT2D eigenvalue weighted by atomic mass is 16.5. The summed E-state index contributed by atoms with van der Waals surface area (Å²) in [6.07, 6.45) is 0. The first-order valence-corrected chi connectivity index (χ1v) is 7.03. The molecule has 1 amide bonds. The lowest BCUT2D eigenvalue weighted by Crippen LogP contribution is -2.40. The van der Waals surface area contributed by atoms with Gasteiger partial charge in [-0.25, -0.2) is 0 Å². The highest BCUT2D eigenvalue weighted by Crippen LogP contribution is 2.25. The molecule has 1 unspecified atom stereocenters. The highest BCUT2D eigenvalue weighted by Gasteiger charge is 2.20. The molecule has 0 fully saturated rings. The molecule has 5 heteroatoms. The molecule has 5 nitrogen and oxygen atoms in total. The summed E-state index contributed by atoms with van der Waals surface area (Å²) in [5.74, 6) is -0.997. The van der Waals surface area contributed by atoms with E-state index < -0.39 is 17.9 Å². The summed E-state index contributed by atoms with van der Waals surface area (Å²) < 4.78 is 5.18. The van der Waals surface area contributed by atoms with E-state index in [1.165, 1.54) is 6.92 Å². The molecule has 2 aromatic carbocycles. The molecule has 2 atom stereocenters. The second kappa shape index (κ2) is 6.47. The number of ether oxygens (including phenoxy) is 1. The summed E-state index contributed by atoms with van der Waals surface area (Å²) in [6.45, 7) is 3.20. The van der Waals surface area contributed by atoms with Gasteiger partial charge in [-0.1, -0.05) is 24.3 Å². The fraction of sp³-hybridized carbons (Fsp3) is 0.294. The van der Waals surface area contributed by atoms with Crippen molar-refractivity contribution in [2.75, 3.05) is 7.11 Å². The summed E-state index contributed by atoms with van der Waals surface area (Å²) in [6, 6.07) is 10.6. The van der Waals surface area contributed by atoms with Gasteiger partial charge in [0.15, 0.2) is 0 Å². The number of amides is 1. The SMILES string of the molecule is COc1ccc2cc(C(C)C(=O)N[C@H](C)C(=O)O)ccc2c1. The first kappa shape index (κ1) is 15.8. The molecular weight excluding hydrogens is 282 g/mol. The van der Waals surface area contributed by atoms with Crippen LogP contribution in [-0.4, -0.2) is 30.1 Å². The van der Waals surface area contributed by atoms with Crippen LogP contribution in [0.2, 0.25) is 0 Å². The van der Waals surface area contributed by atoms with E-state index in [9.17, 15) is 9.59 Å². The number of hydrogen-bond acceptors (Lipinski definition) is 3. The molecule has 0 aliphatic carbocycles. The molecule has 2 N–H and O–H groups in total. The van der Waals surface area contributed by atoms with Crippen LogP contribution in [0.3, 0.4) is 0 Å². The van der Waals surface area contributed by atoms with Crippen molar-refractivity contribution in [1.29, 1.82) is 0 Å². The monoisotopic (exact) mass is 301 g/mol. The minimum absolute atomic E-state index is 0.303. The standard InChI is InChI=1S/C17H19NO4/c1-10(16(19)18-11(2)17(20)21)12-4-5-14-9-15(22-3)7-6-13(14)8-12/h4-11H,1-3H3,(H,18,19)(H,20,21)/t10?,11-/m1/s1. The maximum atomic E-state index is 12.1. The number of nitrogens with one attached hydrogen (secondary N) is 1. The van der Waals surface area contributed by atoms with Crippen molar-refractivity contribution in [3.63, 3.8) is 0 Å². The number of carbonyl (C=O) groups is 2. The highest BCUT2D eigenvalue weighted by molar-refractivity contribution is 5.90. The number of benzene rings is 2. The molecule has 0 saturated carbocycles. The Labute approximate surface area is 128 Å². The van der Waals surface area contributed by atoms with E-state index in [1.54, 1.807) is 14.0 Å². The van der Waals surface area contributed by atoms with Crippen molar-refractivity contribution in [2.45, 2.75) is 25.8 Å². The molecular formula is C17H19NO4. The fourth-order valence-corrected chi connectivity index (χ4v) is 2.19. The van der Waals surface area contributed by atoms with Crippen molar-refractivity contribution in [2.24, 2.45) is 0 Å². The Kier molecular flexibility index (Phi) is 4.65. The number of aliphatic carboxylic acids is 1. The quantitative estimate of drug-likeness (QED) is 0.890. The zero-order valence-electron chi connectivity index (χ0n) is 12.8. The van der Waals surface area contributed by atoms with Gasteiger partial charge < -0.3 is 15.2 Å². The van der Waals surface area contributed by atoms with E-state index in [0.717, 1.165) is 22.1 Å². The molecule has 0 aliphatic heterocycles. The van der Waals surface area contributed by atoms with Crippen LogP contribution in [-0.2, 0) is 9.59 Å². The van der Waals surface area contributed by atoms with Crippen molar-refractivity contribution < 1.29 is 19.4 Å². The lowest BCUT2D eigenvalue weighted by atomic mass is 9.96. The molecule has 116 valence electrons. The third-order valence-electron chi connectivity index (χ3n) is 3.69. The Morgan fingerprint density at radius 2 is 1.73 bits per heavy atom. The molecule has 0 heterocycles. The second-order valence-corrected chi connectivity index (χ2v) is 5.26. The normalized spacial score (nSPS) is 13.4. The molecule has 0 aliphatic rings. The van der Waals surface area contributed by atoms with Gasteiger partial charge in [-0.2, -0.15) is 0 Å². The smallest absolute Gasteiger partial charge is 0.325 e. The largest absolute Gasteiger partial charge is 0.497 e. The van der Waals surface area contributed by atoms with E-state index in [0.29, 0.717) is 0 Å². The summed E-state index contributed by atoms with van der Waals surface area (Å²) in [4.78, 5) is 22.9. The number of carboxylic acids is 1. The number of rotatable bonds is 5. The van der Waals surface area contributed by atoms with E-state index in [1.807, 2.05) is 36.4 Å². The van der Waals surface area contributed by atoms with E-state index in [2.05, 4.69) is 5.32 Å². The minimum atomic E-state index is -1.05. The van der Waals surface area contributed by atoms with Crippen LogP contribution in [0.25, 0.3) is 10.8 Å². The van der Waals surface area contributed by atoms with Crippen LogP contribution in [0.1, 0.15) is 25.3 Å². The number of fused-ring (bicyclic) bond motifs is 1. The summed E-state index contributed by atoms with van der Waals surface area (Å²) >= 11 is 0. The predicted octanol–water partition coefficient (Wildman–Crippen LogP) is 2.54. The van der Waals surface area contributed by atoms with Crippen LogP contribution in [0.15, 0.2) is 36.4 Å². The molecule has 0 spiro atoms. The van der Waals surface area contributed by atoms with Crippen molar-refractivity contribution in [1.82, 2.24) is 5.32 Å². The zero-order chi connectivity index (χ0) is 16.3. The van der Waals surface area contributed by atoms with Gasteiger partial charge in [0.1, 0.15) is 11.8 Å². The van der Waals surface area contributed by atoms with Gasteiger partial charge in [0, 0.05) is 0 Å². The molecule has 0 saturated heterocycles. The van der Waals surface area contributed by atoms with E-state index in [4.69, 9.17) is 9.84 Å². The second-order valence-electron chi connectivity index (χ2n) is 5.26. The molecule has 2 aromatic rings. The van der Waals surface area contributed by atoms with Gasteiger partial charge in [0.25, 0.3) is 0 Å². The number of carboxylic acid groups (broad SMARTS) is 1. The summed E-state index contributed by atoms with van der Waals surface area (Å²) in [7, 11) is 1.62. The van der Waals surface area contributed by atoms with Crippen LogP contribution >= 0.6 is 0 Å². The minimum Gasteiger partial charge on any atom is -0.497 e. The topological polar surface area (TPSA) is 75.6 Å². The van der Waals surface area contributed by atoms with Gasteiger partial charge in [-0.15, -0.1) is 0 Å². The maximum absolute atomic E-state index is 12.1. The molecule has 2 rings (SSSR count). The van der Waals surface area contributed by atoms with Crippen LogP contribution < -0.4 is 10.1 Å². The Hall–Kier alpha value is -2.56. The van der Waals surface area contributed by atoms with Gasteiger partial charge in [-0.05, 0) is 42.3 Å². The van der Waals surface area contributed by atoms with Gasteiger partial charge in [-0.3, -0.25) is 9.59 Å². The lowest BCUT2D eigenvalue weighted by Gasteiger charge is -2.15. The van der Waals surface area contributed by atoms with Gasteiger partial charge >= 0.3 is 5.97 Å². The van der Waals surface area contributed by atoms with Gasteiger partial charge in [0.05, 0.1) is 13.0 Å².